The number of hydrogen-bond donors (Lipinski definition) is 1. The van der Waals surface area contributed by atoms with Crippen molar-refractivity contribution in [1.82, 2.24) is 5.32 Å². The Morgan fingerprint density at radius 2 is 2.00 bits per heavy atom. The van der Waals surface area contributed by atoms with Gasteiger partial charge in [-0.25, -0.2) is 8.42 Å². The lowest BCUT2D eigenvalue weighted by Gasteiger charge is -2.35. The molecule has 0 bridgehead atoms. The zero-order valence-electron chi connectivity index (χ0n) is 11.1. The van der Waals surface area contributed by atoms with Crippen molar-refractivity contribution in [3.8, 4) is 0 Å². The second kappa shape index (κ2) is 6.28. The van der Waals surface area contributed by atoms with Crippen LogP contribution in [0.3, 0.4) is 0 Å². The molecule has 5 unspecified atom stereocenters. The van der Waals surface area contributed by atoms with E-state index in [0.717, 1.165) is 0 Å². The Labute approximate surface area is 118 Å². The van der Waals surface area contributed by atoms with Crippen LogP contribution < -0.4 is 5.32 Å². The maximum Gasteiger partial charge on any atom is 0.0968 e. The van der Waals surface area contributed by atoms with Gasteiger partial charge in [0.05, 0.1) is 40.8 Å². The molecular weight excluding hydrogens is 290 g/mol. The zero-order valence-corrected chi connectivity index (χ0v) is 12.7. The quantitative estimate of drug-likeness (QED) is 0.555. The molecule has 0 aliphatic carbocycles. The normalized spacial score (nSPS) is 39.2. The molecule has 6 nitrogen and oxygen atoms in total. The highest BCUT2D eigenvalue weighted by Gasteiger charge is 2.45. The van der Waals surface area contributed by atoms with Crippen molar-refractivity contribution in [2.75, 3.05) is 25.4 Å². The average Bonchev–Trinajstić information content (AvgIpc) is 2.59. The predicted molar refractivity (Wildman–Crippen MR) is 72.3 cm³/mol. The Hall–Kier alpha value is 0.140. The van der Waals surface area contributed by atoms with E-state index in [1.165, 1.54) is 0 Å². The molecule has 2 fully saturated rings. The average molecular weight is 310 g/mol. The molecule has 0 radical (unpaired) electrons. The Kier molecular flexibility index (Phi) is 5.13. The van der Waals surface area contributed by atoms with Crippen LogP contribution in [0.25, 0.3) is 0 Å². The van der Waals surface area contributed by atoms with Crippen LogP contribution in [0.5, 0.6) is 0 Å². The van der Waals surface area contributed by atoms with Gasteiger partial charge in [-0.3, -0.25) is 0 Å². The van der Waals surface area contributed by atoms with E-state index in [1.807, 2.05) is 11.8 Å². The lowest BCUT2D eigenvalue weighted by Crippen LogP contribution is -2.49. The molecule has 1 N–H and O–H groups in total. The fourth-order valence-corrected chi connectivity index (χ4v) is 4.33. The summed E-state index contributed by atoms with van der Waals surface area (Å²) in [6.45, 7) is 5.45. The van der Waals surface area contributed by atoms with Gasteiger partial charge in [-0.15, -0.1) is 0 Å². The fourth-order valence-electron chi connectivity index (χ4n) is 2.49. The van der Waals surface area contributed by atoms with Gasteiger partial charge >= 0.3 is 0 Å². The summed E-state index contributed by atoms with van der Waals surface area (Å²) < 4.78 is 43.2. The van der Waals surface area contributed by atoms with Crippen LogP contribution in [0, 0.1) is 0 Å². The molecule has 2 rings (SSSR count). The van der Waals surface area contributed by atoms with E-state index in [9.17, 15) is 13.0 Å². The van der Waals surface area contributed by atoms with Gasteiger partial charge in [0.25, 0.3) is 0 Å². The monoisotopic (exact) mass is 310 g/mol. The van der Waals surface area contributed by atoms with E-state index >= 15 is 0 Å². The Bertz CT molecular complexity index is 402. The van der Waals surface area contributed by atoms with E-state index in [2.05, 4.69) is 19.2 Å². The summed E-state index contributed by atoms with van der Waals surface area (Å²) in [4.78, 5) is 0. The highest BCUT2D eigenvalue weighted by molar-refractivity contribution is 8.00. The Balaban J connectivity index is 1.72. The molecule has 8 heteroatoms. The van der Waals surface area contributed by atoms with Crippen LogP contribution in [0.1, 0.15) is 13.8 Å². The van der Waals surface area contributed by atoms with Gasteiger partial charge in [-0.2, -0.15) is 11.8 Å². The van der Waals surface area contributed by atoms with E-state index in [4.69, 9.17) is 9.47 Å². The van der Waals surface area contributed by atoms with Gasteiger partial charge in [0, 0.05) is 23.6 Å². The molecule has 0 saturated carbocycles. The summed E-state index contributed by atoms with van der Waals surface area (Å²) in [5.74, 6) is -0.393. The zero-order chi connectivity index (χ0) is 14.0. The number of hydrogen-bond acceptors (Lipinski definition) is 7. The van der Waals surface area contributed by atoms with E-state index < -0.39 is 15.9 Å². The van der Waals surface area contributed by atoms with Crippen LogP contribution in [-0.4, -0.2) is 67.2 Å². The minimum atomic E-state index is -4.15. The number of ether oxygens (including phenoxy) is 2. The Morgan fingerprint density at radius 3 is 2.68 bits per heavy atom. The topological polar surface area (TPSA) is 87.7 Å². The fraction of sp³-hybridized carbons (Fsp3) is 1.00. The smallest absolute Gasteiger partial charge is 0.0968 e. The van der Waals surface area contributed by atoms with Crippen LogP contribution >= 0.6 is 11.8 Å². The predicted octanol–water partition coefficient (Wildman–Crippen LogP) is -0.202. The lowest BCUT2D eigenvalue weighted by atomic mass is 10.1. The van der Waals surface area contributed by atoms with Gasteiger partial charge in [-0.05, 0) is 0 Å². The minimum Gasteiger partial charge on any atom is -0.748 e. The summed E-state index contributed by atoms with van der Waals surface area (Å²) in [6.07, 6.45) is 0.172. The highest BCUT2D eigenvalue weighted by atomic mass is 32.2. The molecule has 2 saturated heterocycles. The van der Waals surface area contributed by atoms with Crippen molar-refractivity contribution in [2.24, 2.45) is 0 Å². The van der Waals surface area contributed by atoms with Crippen molar-refractivity contribution in [3.05, 3.63) is 0 Å². The number of nitrogens with one attached hydrogen (secondary N) is 1. The number of thioether (sulfide) groups is 1. The SMILES string of the molecule is CC1SC(C)C2OC(CNCCS(=O)(=O)[O-])COC12. The number of fused-ring (bicyclic) bond motifs is 1. The second-order valence-electron chi connectivity index (χ2n) is 5.03. The van der Waals surface area contributed by atoms with Gasteiger partial charge in [-0.1, -0.05) is 13.8 Å². The van der Waals surface area contributed by atoms with Crippen LogP contribution in [0.15, 0.2) is 0 Å². The third kappa shape index (κ3) is 4.30. The van der Waals surface area contributed by atoms with Crippen LogP contribution in [0.4, 0.5) is 0 Å². The molecule has 112 valence electrons. The standard InChI is InChI=1S/C11H21NO5S2/c1-7-10-11(8(2)18-7)17-9(6-16-10)5-12-3-4-19(13,14)15/h7-12H,3-6H2,1-2H3,(H,13,14,15)/p-1. The van der Waals surface area contributed by atoms with Gasteiger partial charge in [0.2, 0.25) is 0 Å². The van der Waals surface area contributed by atoms with E-state index in [-0.39, 0.29) is 24.9 Å². The summed E-state index contributed by atoms with van der Waals surface area (Å²) in [5, 5.41) is 3.78. The summed E-state index contributed by atoms with van der Waals surface area (Å²) in [7, 11) is -4.15. The molecule has 2 aliphatic heterocycles. The van der Waals surface area contributed by atoms with E-state index in [1.54, 1.807) is 0 Å². The first-order valence-corrected chi connectivity index (χ1v) is 8.95. The molecule has 2 aliphatic rings. The first kappa shape index (κ1) is 15.5. The van der Waals surface area contributed by atoms with Crippen LogP contribution in [-0.2, 0) is 19.6 Å². The summed E-state index contributed by atoms with van der Waals surface area (Å²) >= 11 is 1.87. The van der Waals surface area contributed by atoms with Gasteiger partial charge in [0.1, 0.15) is 0 Å². The third-order valence-corrected chi connectivity index (χ3v) is 5.50. The summed E-state index contributed by atoms with van der Waals surface area (Å²) in [6, 6.07) is 0. The highest BCUT2D eigenvalue weighted by Crippen LogP contribution is 2.39. The molecular formula is C11H20NO5S2-. The first-order valence-electron chi connectivity index (χ1n) is 6.43. The molecule has 0 aromatic heterocycles. The van der Waals surface area contributed by atoms with Gasteiger partial charge < -0.3 is 19.3 Å². The van der Waals surface area contributed by atoms with Crippen molar-refractivity contribution < 1.29 is 22.4 Å². The maximum atomic E-state index is 10.5. The van der Waals surface area contributed by atoms with Crippen molar-refractivity contribution in [1.29, 1.82) is 0 Å². The molecule has 0 amide bonds. The second-order valence-corrected chi connectivity index (χ2v) is 8.32. The molecule has 19 heavy (non-hydrogen) atoms. The first-order chi connectivity index (χ1) is 8.87. The number of rotatable bonds is 5. The molecule has 5 atom stereocenters. The maximum absolute atomic E-state index is 10.5. The summed E-state index contributed by atoms with van der Waals surface area (Å²) in [5.41, 5.74) is 0. The van der Waals surface area contributed by atoms with Crippen LogP contribution in [0.2, 0.25) is 0 Å². The van der Waals surface area contributed by atoms with Crippen molar-refractivity contribution in [3.63, 3.8) is 0 Å². The van der Waals surface area contributed by atoms with Gasteiger partial charge in [0.15, 0.2) is 0 Å². The van der Waals surface area contributed by atoms with Crippen molar-refractivity contribution in [2.45, 2.75) is 42.7 Å². The molecule has 0 aromatic carbocycles. The third-order valence-electron chi connectivity index (χ3n) is 3.40. The molecule has 0 aromatic rings. The van der Waals surface area contributed by atoms with E-state index in [0.29, 0.717) is 23.7 Å². The Morgan fingerprint density at radius 1 is 1.32 bits per heavy atom. The lowest BCUT2D eigenvalue weighted by molar-refractivity contribution is -0.170. The molecule has 2 heterocycles. The minimum absolute atomic E-state index is 0.0797. The largest absolute Gasteiger partial charge is 0.748 e. The van der Waals surface area contributed by atoms with Crippen molar-refractivity contribution >= 4 is 21.9 Å². The molecule has 0 spiro atoms.